The number of urea groups is 1. The summed E-state index contributed by atoms with van der Waals surface area (Å²) in [4.78, 5) is 27.6. The molecule has 0 bridgehead atoms. The van der Waals surface area contributed by atoms with Gasteiger partial charge in [-0.2, -0.15) is 0 Å². The Morgan fingerprint density at radius 3 is 2.61 bits per heavy atom. The summed E-state index contributed by atoms with van der Waals surface area (Å²) in [5.41, 5.74) is 4.89. The third-order valence-electron chi connectivity index (χ3n) is 6.61. The van der Waals surface area contributed by atoms with Crippen molar-refractivity contribution in [2.45, 2.75) is 52.1 Å². The van der Waals surface area contributed by atoms with Gasteiger partial charge in [-0.1, -0.05) is 11.6 Å². The van der Waals surface area contributed by atoms with Crippen molar-refractivity contribution < 1.29 is 14.3 Å². The Balaban J connectivity index is 1.36. The summed E-state index contributed by atoms with van der Waals surface area (Å²) in [6.45, 7) is 5.58. The van der Waals surface area contributed by atoms with Gasteiger partial charge in [0.05, 0.1) is 18.7 Å². The molecule has 1 aliphatic carbocycles. The number of rotatable bonds is 6. The van der Waals surface area contributed by atoms with E-state index in [-0.39, 0.29) is 23.9 Å². The number of benzene rings is 2. The van der Waals surface area contributed by atoms with Gasteiger partial charge in [-0.05, 0) is 81.0 Å². The minimum Gasteiger partial charge on any atom is -0.495 e. The van der Waals surface area contributed by atoms with Crippen molar-refractivity contribution >= 4 is 40.6 Å². The van der Waals surface area contributed by atoms with Gasteiger partial charge in [0, 0.05) is 35.6 Å². The molecule has 3 N–H and O–H groups in total. The van der Waals surface area contributed by atoms with E-state index in [2.05, 4.69) is 35.9 Å². The summed E-state index contributed by atoms with van der Waals surface area (Å²) in [6.07, 6.45) is 3.10. The Bertz CT molecular complexity index is 1050. The average Bonchev–Trinajstić information content (AvgIpc) is 2.79. The molecule has 0 spiro atoms. The third-order valence-corrected chi connectivity index (χ3v) is 6.91. The molecular formula is C25H31ClN4O3. The predicted octanol–water partition coefficient (Wildman–Crippen LogP) is 5.63. The molecule has 0 aromatic heterocycles. The number of anilines is 3. The fourth-order valence-electron chi connectivity index (χ4n) is 4.81. The second kappa shape index (κ2) is 9.91. The molecule has 3 amide bonds. The first-order chi connectivity index (χ1) is 15.9. The van der Waals surface area contributed by atoms with E-state index in [9.17, 15) is 9.59 Å². The summed E-state index contributed by atoms with van der Waals surface area (Å²) in [5, 5.41) is 9.81. The molecule has 2 aromatic carbocycles. The molecule has 1 fully saturated rings. The quantitative estimate of drug-likeness (QED) is 0.510. The zero-order chi connectivity index (χ0) is 23.5. The van der Waals surface area contributed by atoms with Gasteiger partial charge in [-0.15, -0.1) is 0 Å². The zero-order valence-electron chi connectivity index (χ0n) is 19.3. The van der Waals surface area contributed by atoms with Crippen molar-refractivity contribution in [1.82, 2.24) is 4.90 Å². The van der Waals surface area contributed by atoms with E-state index in [0.29, 0.717) is 23.0 Å². The normalized spacial score (nSPS) is 20.0. The summed E-state index contributed by atoms with van der Waals surface area (Å²) in [6, 6.07) is 9.43. The summed E-state index contributed by atoms with van der Waals surface area (Å²) in [5.74, 6) is 0.492. The van der Waals surface area contributed by atoms with E-state index in [1.807, 2.05) is 11.0 Å². The van der Waals surface area contributed by atoms with Gasteiger partial charge >= 0.3 is 6.03 Å². The first kappa shape index (κ1) is 23.2. The molecule has 0 unspecified atom stereocenters. The van der Waals surface area contributed by atoms with Crippen LogP contribution in [-0.2, 0) is 11.3 Å². The van der Waals surface area contributed by atoms with Crippen molar-refractivity contribution in [2.24, 2.45) is 5.92 Å². The fraction of sp³-hybridized carbons (Fsp3) is 0.440. The van der Waals surface area contributed by atoms with Crippen molar-refractivity contribution in [3.63, 3.8) is 0 Å². The first-order valence-corrected chi connectivity index (χ1v) is 11.9. The van der Waals surface area contributed by atoms with Crippen LogP contribution in [-0.4, -0.2) is 36.5 Å². The lowest BCUT2D eigenvalue weighted by Gasteiger charge is -2.39. The van der Waals surface area contributed by atoms with Gasteiger partial charge in [0.2, 0.25) is 5.91 Å². The second-order valence-electron chi connectivity index (χ2n) is 8.75. The maximum absolute atomic E-state index is 12.9. The molecule has 1 saturated carbocycles. The zero-order valence-corrected chi connectivity index (χ0v) is 20.1. The molecule has 33 heavy (non-hydrogen) atoms. The van der Waals surface area contributed by atoms with Crippen LogP contribution in [0.3, 0.4) is 0 Å². The van der Waals surface area contributed by atoms with Crippen LogP contribution in [0.5, 0.6) is 5.75 Å². The number of aryl methyl sites for hydroxylation is 1. The molecule has 8 heteroatoms. The Kier molecular flexibility index (Phi) is 6.98. The minimum absolute atomic E-state index is 0.00470. The smallest absolute Gasteiger partial charge is 0.322 e. The number of methoxy groups -OCH3 is 1. The van der Waals surface area contributed by atoms with Gasteiger partial charge in [0.25, 0.3) is 0 Å². The minimum atomic E-state index is -0.0772. The molecule has 1 heterocycles. The maximum atomic E-state index is 12.9. The Labute approximate surface area is 199 Å². The van der Waals surface area contributed by atoms with Crippen LogP contribution in [0.15, 0.2) is 30.3 Å². The van der Waals surface area contributed by atoms with E-state index < -0.39 is 0 Å². The average molecular weight is 471 g/mol. The number of nitrogens with zero attached hydrogens (tertiary/aromatic N) is 1. The molecule has 176 valence electrons. The van der Waals surface area contributed by atoms with Crippen molar-refractivity contribution in [2.75, 3.05) is 29.6 Å². The number of amides is 3. The topological polar surface area (TPSA) is 82.7 Å². The van der Waals surface area contributed by atoms with Gasteiger partial charge in [-0.25, -0.2) is 4.79 Å². The van der Waals surface area contributed by atoms with Crippen LogP contribution < -0.4 is 20.7 Å². The number of halogens is 1. The summed E-state index contributed by atoms with van der Waals surface area (Å²) >= 11 is 6.17. The number of fused-ring (bicyclic) bond motifs is 1. The van der Waals surface area contributed by atoms with Crippen LogP contribution in [0.2, 0.25) is 5.02 Å². The van der Waals surface area contributed by atoms with E-state index in [4.69, 9.17) is 16.3 Å². The van der Waals surface area contributed by atoms with Crippen LogP contribution in [0.25, 0.3) is 0 Å². The molecule has 0 saturated heterocycles. The van der Waals surface area contributed by atoms with Crippen LogP contribution in [0, 0.1) is 12.8 Å². The number of hydrogen-bond acceptors (Lipinski definition) is 4. The largest absolute Gasteiger partial charge is 0.495 e. The second-order valence-corrected chi connectivity index (χ2v) is 9.16. The van der Waals surface area contributed by atoms with Gasteiger partial charge in [0.1, 0.15) is 5.75 Å². The van der Waals surface area contributed by atoms with Crippen LogP contribution in [0.4, 0.5) is 21.9 Å². The summed E-state index contributed by atoms with van der Waals surface area (Å²) < 4.78 is 5.16. The highest BCUT2D eigenvalue weighted by molar-refractivity contribution is 6.32. The molecule has 1 aliphatic heterocycles. The molecular weight excluding hydrogens is 440 g/mol. The molecule has 2 aliphatic rings. The Hall–Kier alpha value is -2.93. The maximum Gasteiger partial charge on any atom is 0.322 e. The highest BCUT2D eigenvalue weighted by Crippen LogP contribution is 2.35. The lowest BCUT2D eigenvalue weighted by atomic mass is 9.84. The Morgan fingerprint density at radius 2 is 1.94 bits per heavy atom. The lowest BCUT2D eigenvalue weighted by molar-refractivity contribution is -0.121. The van der Waals surface area contributed by atoms with Crippen molar-refractivity contribution in [1.29, 1.82) is 0 Å². The predicted molar refractivity (Wildman–Crippen MR) is 132 cm³/mol. The third kappa shape index (κ3) is 5.03. The van der Waals surface area contributed by atoms with Crippen LogP contribution in [0.1, 0.15) is 43.7 Å². The summed E-state index contributed by atoms with van der Waals surface area (Å²) in [7, 11) is 1.56. The first-order valence-electron chi connectivity index (χ1n) is 11.5. The molecule has 0 radical (unpaired) electrons. The highest BCUT2D eigenvalue weighted by atomic mass is 35.5. The lowest BCUT2D eigenvalue weighted by Crippen LogP contribution is -2.47. The molecule has 2 aromatic rings. The number of nitrogens with one attached hydrogen (secondary N) is 3. The Morgan fingerprint density at radius 1 is 1.18 bits per heavy atom. The molecule has 4 rings (SSSR count). The number of carbonyl (C=O) groups excluding carboxylic acids is 2. The fourth-order valence-corrected chi connectivity index (χ4v) is 5.06. The van der Waals surface area contributed by atoms with E-state index in [1.54, 1.807) is 25.3 Å². The number of ether oxygens (including phenoxy) is 1. The van der Waals surface area contributed by atoms with E-state index in [1.165, 1.54) is 5.56 Å². The monoisotopic (exact) mass is 470 g/mol. The SMILES string of the molecule is CCNc1cc(C)c2c(c1)NC(=O)N(C1CCC(C(=O)Nc3ccc(OC)c(Cl)c3)CC1)C2. The van der Waals surface area contributed by atoms with Gasteiger partial charge in [-0.3, -0.25) is 4.79 Å². The molecule has 0 atom stereocenters. The number of carbonyl (C=O) groups is 2. The van der Waals surface area contributed by atoms with Crippen LogP contribution >= 0.6 is 11.6 Å². The number of hydrogen-bond donors (Lipinski definition) is 3. The molecule has 7 nitrogen and oxygen atoms in total. The van der Waals surface area contributed by atoms with Crippen molar-refractivity contribution in [3.8, 4) is 5.75 Å². The van der Waals surface area contributed by atoms with Gasteiger partial charge < -0.3 is 25.6 Å². The van der Waals surface area contributed by atoms with Gasteiger partial charge in [0.15, 0.2) is 0 Å². The standard InChI is InChI=1S/C25H31ClN4O3/c1-4-27-18-11-15(2)20-14-30(25(32)29-22(20)13-18)19-8-5-16(6-9-19)24(31)28-17-7-10-23(33-3)21(26)12-17/h7,10-13,16,19,27H,4-6,8-9,14H2,1-3H3,(H,28,31)(H,29,32). The van der Waals surface area contributed by atoms with Crippen molar-refractivity contribution in [3.05, 3.63) is 46.5 Å². The highest BCUT2D eigenvalue weighted by Gasteiger charge is 2.34. The van der Waals surface area contributed by atoms with E-state index >= 15 is 0 Å². The van der Waals surface area contributed by atoms with E-state index in [0.717, 1.165) is 49.2 Å².